The van der Waals surface area contributed by atoms with Crippen LogP contribution in [0.4, 0.5) is 0 Å². The quantitative estimate of drug-likeness (QED) is 0.257. The van der Waals surface area contributed by atoms with Crippen LogP contribution in [0.3, 0.4) is 0 Å². The largest absolute Gasteiger partial charge is 0.507 e. The van der Waals surface area contributed by atoms with Crippen molar-refractivity contribution in [3.05, 3.63) is 88.5 Å². The van der Waals surface area contributed by atoms with E-state index in [-0.39, 0.29) is 23.9 Å². The number of carbonyl (C=O) groups is 1. The maximum atomic E-state index is 11.8. The fraction of sp³-hybridized carbons (Fsp3) is 0.333. The van der Waals surface area contributed by atoms with Crippen molar-refractivity contribution in [2.45, 2.75) is 58.5 Å². The lowest BCUT2D eigenvalue weighted by Crippen LogP contribution is -2.25. The predicted molar refractivity (Wildman–Crippen MR) is 144 cm³/mol. The highest BCUT2D eigenvalue weighted by molar-refractivity contribution is 5.97. The number of aromatic hydroxyl groups is 1. The molecule has 2 N–H and O–H groups in total. The van der Waals surface area contributed by atoms with Gasteiger partial charge in [-0.3, -0.25) is 4.79 Å². The summed E-state index contributed by atoms with van der Waals surface area (Å²) in [5.41, 5.74) is 4.68. The molecule has 0 aliphatic carbocycles. The van der Waals surface area contributed by atoms with Crippen LogP contribution >= 0.6 is 0 Å². The number of nitrogens with zero attached hydrogens (tertiary/aromatic N) is 3. The maximum absolute atomic E-state index is 11.8. The van der Waals surface area contributed by atoms with E-state index in [1.54, 1.807) is 12.1 Å². The number of aromatic nitrogens is 4. The highest BCUT2D eigenvalue weighted by Gasteiger charge is 2.24. The van der Waals surface area contributed by atoms with E-state index in [0.29, 0.717) is 42.3 Å². The third-order valence-corrected chi connectivity index (χ3v) is 6.87. The molecule has 1 fully saturated rings. The number of tetrazole rings is 1. The summed E-state index contributed by atoms with van der Waals surface area (Å²) < 4.78 is 18.5. The topological polar surface area (TPSA) is 119 Å². The summed E-state index contributed by atoms with van der Waals surface area (Å²) in [4.78, 5) is 11.8. The van der Waals surface area contributed by atoms with Gasteiger partial charge in [0.15, 0.2) is 12.1 Å². The van der Waals surface area contributed by atoms with E-state index in [4.69, 9.17) is 14.2 Å². The van der Waals surface area contributed by atoms with Crippen molar-refractivity contribution in [3.63, 3.8) is 0 Å². The van der Waals surface area contributed by atoms with Gasteiger partial charge in [0, 0.05) is 17.7 Å². The van der Waals surface area contributed by atoms with E-state index in [1.807, 2.05) is 55.5 Å². The molecule has 39 heavy (non-hydrogen) atoms. The van der Waals surface area contributed by atoms with E-state index >= 15 is 0 Å². The second-order valence-corrected chi connectivity index (χ2v) is 9.55. The summed E-state index contributed by atoms with van der Waals surface area (Å²) in [5.74, 6) is 0.900. The molecule has 1 saturated heterocycles. The highest BCUT2D eigenvalue weighted by Crippen LogP contribution is 2.34. The third-order valence-electron chi connectivity index (χ3n) is 6.87. The number of hydrogen-bond donors (Lipinski definition) is 2. The van der Waals surface area contributed by atoms with Crippen LogP contribution in [-0.2, 0) is 22.5 Å². The van der Waals surface area contributed by atoms with Crippen LogP contribution < -0.4 is 4.74 Å². The molecule has 0 spiro atoms. The Morgan fingerprint density at radius 3 is 2.67 bits per heavy atom. The summed E-state index contributed by atoms with van der Waals surface area (Å²) in [6.45, 7) is 4.37. The number of aromatic amines is 1. The summed E-state index contributed by atoms with van der Waals surface area (Å²) in [6, 6.07) is 19.4. The molecular formula is C30H32N4O5. The molecule has 0 amide bonds. The van der Waals surface area contributed by atoms with Crippen molar-refractivity contribution in [1.29, 1.82) is 0 Å². The number of phenolic OH excluding ortho intramolecular Hbond substituents is 1. The first-order valence-electron chi connectivity index (χ1n) is 13.2. The predicted octanol–water partition coefficient (Wildman–Crippen LogP) is 5.55. The van der Waals surface area contributed by atoms with Crippen molar-refractivity contribution in [1.82, 2.24) is 20.6 Å². The number of phenols is 1. The summed E-state index contributed by atoms with van der Waals surface area (Å²) in [6.07, 6.45) is 2.88. The van der Waals surface area contributed by atoms with E-state index in [1.165, 1.54) is 6.92 Å². The minimum Gasteiger partial charge on any atom is -0.507 e. The number of carbonyl (C=O) groups excluding carboxylic acids is 1. The fourth-order valence-corrected chi connectivity index (χ4v) is 4.77. The number of hydrogen-bond acceptors (Lipinski definition) is 8. The first kappa shape index (κ1) is 26.5. The second-order valence-electron chi connectivity index (χ2n) is 9.55. The number of nitrogens with one attached hydrogen (secondary N) is 1. The second kappa shape index (κ2) is 12.2. The van der Waals surface area contributed by atoms with E-state index in [0.717, 1.165) is 41.5 Å². The first-order chi connectivity index (χ1) is 19.0. The van der Waals surface area contributed by atoms with Gasteiger partial charge in [0.1, 0.15) is 24.2 Å². The molecule has 0 saturated carbocycles. The Kier molecular flexibility index (Phi) is 8.29. The summed E-state index contributed by atoms with van der Waals surface area (Å²) in [5, 5.41) is 24.9. The molecule has 4 aromatic rings. The Balaban J connectivity index is 1.36. The monoisotopic (exact) mass is 528 g/mol. The normalized spacial score (nSPS) is 16.1. The standard InChI is InChI=1S/C30H32N4O5/c1-3-24-26(15-14-25(19(2)35)28(24)36)38-18-20-10-12-21(13-11-20)29(39-27-9-4-5-16-37-27)22-7-6-8-23(17-22)30-31-33-34-32-30/h6-8,10-15,17,27,29,36H,3-5,9,16,18H2,1-2H3,(H,31,32,33,34). The molecule has 3 aromatic carbocycles. The van der Waals surface area contributed by atoms with Gasteiger partial charge >= 0.3 is 0 Å². The SMILES string of the molecule is CCc1c(OCc2ccc(C(OC3CCCCO3)c3cccc(-c4nn[nH]n4)c3)cc2)ccc(C(C)=O)c1O. The van der Waals surface area contributed by atoms with Gasteiger partial charge in [-0.05, 0) is 72.7 Å². The van der Waals surface area contributed by atoms with Gasteiger partial charge in [-0.2, -0.15) is 5.21 Å². The highest BCUT2D eigenvalue weighted by atomic mass is 16.7. The van der Waals surface area contributed by atoms with Crippen molar-refractivity contribution in [3.8, 4) is 22.9 Å². The number of Topliss-reactive ketones (excluding diaryl/α,β-unsaturated/α-hetero) is 1. The average Bonchev–Trinajstić information content (AvgIpc) is 3.51. The molecule has 9 nitrogen and oxygen atoms in total. The molecule has 2 unspecified atom stereocenters. The number of H-pyrrole nitrogens is 1. The lowest BCUT2D eigenvalue weighted by molar-refractivity contribution is -0.181. The minimum absolute atomic E-state index is 0.00850. The molecule has 2 atom stereocenters. The first-order valence-corrected chi connectivity index (χ1v) is 13.2. The number of rotatable bonds is 10. The molecule has 2 heterocycles. The van der Waals surface area contributed by atoms with Gasteiger partial charge in [-0.15, -0.1) is 10.2 Å². The summed E-state index contributed by atoms with van der Waals surface area (Å²) in [7, 11) is 0. The molecule has 9 heteroatoms. The molecule has 1 aliphatic heterocycles. The molecular weight excluding hydrogens is 496 g/mol. The van der Waals surface area contributed by atoms with Crippen LogP contribution in [0, 0.1) is 0 Å². The smallest absolute Gasteiger partial charge is 0.204 e. The van der Waals surface area contributed by atoms with E-state index < -0.39 is 0 Å². The Morgan fingerprint density at radius 2 is 1.97 bits per heavy atom. The molecule has 1 aromatic heterocycles. The minimum atomic E-state index is -0.349. The molecule has 5 rings (SSSR count). The van der Waals surface area contributed by atoms with Crippen molar-refractivity contribution >= 4 is 5.78 Å². The summed E-state index contributed by atoms with van der Waals surface area (Å²) >= 11 is 0. The molecule has 0 radical (unpaired) electrons. The van der Waals surface area contributed by atoms with Gasteiger partial charge in [0.05, 0.1) is 5.56 Å². The van der Waals surface area contributed by atoms with Crippen LogP contribution in [0.15, 0.2) is 60.7 Å². The maximum Gasteiger partial charge on any atom is 0.204 e. The zero-order valence-electron chi connectivity index (χ0n) is 22.1. The van der Waals surface area contributed by atoms with Crippen molar-refractivity contribution in [2.24, 2.45) is 0 Å². The van der Waals surface area contributed by atoms with Crippen LogP contribution in [0.25, 0.3) is 11.4 Å². The van der Waals surface area contributed by atoms with Gasteiger partial charge in [0.25, 0.3) is 0 Å². The zero-order valence-corrected chi connectivity index (χ0v) is 22.1. The third kappa shape index (κ3) is 6.16. The van der Waals surface area contributed by atoms with Crippen molar-refractivity contribution < 1.29 is 24.1 Å². The Hall–Kier alpha value is -4.08. The van der Waals surface area contributed by atoms with Crippen LogP contribution in [0.2, 0.25) is 0 Å². The van der Waals surface area contributed by atoms with Crippen molar-refractivity contribution in [2.75, 3.05) is 6.61 Å². The lowest BCUT2D eigenvalue weighted by atomic mass is 9.98. The number of ketones is 1. The Morgan fingerprint density at radius 1 is 1.13 bits per heavy atom. The van der Waals surface area contributed by atoms with Gasteiger partial charge in [-0.1, -0.05) is 49.4 Å². The number of benzene rings is 3. The van der Waals surface area contributed by atoms with Gasteiger partial charge in [-0.25, -0.2) is 0 Å². The lowest BCUT2D eigenvalue weighted by Gasteiger charge is -2.28. The van der Waals surface area contributed by atoms with Gasteiger partial charge in [0.2, 0.25) is 5.82 Å². The Labute approximate surface area is 227 Å². The van der Waals surface area contributed by atoms with Crippen LogP contribution in [-0.4, -0.2) is 44.4 Å². The zero-order chi connectivity index (χ0) is 27.2. The molecule has 0 bridgehead atoms. The van der Waals surface area contributed by atoms with Gasteiger partial charge < -0.3 is 19.3 Å². The van der Waals surface area contributed by atoms with Crippen LogP contribution in [0.1, 0.15) is 71.8 Å². The number of ether oxygens (including phenoxy) is 3. The van der Waals surface area contributed by atoms with Crippen LogP contribution in [0.5, 0.6) is 11.5 Å². The molecule has 1 aliphatic rings. The Bertz CT molecular complexity index is 1400. The average molecular weight is 529 g/mol. The molecule has 202 valence electrons. The van der Waals surface area contributed by atoms with E-state index in [9.17, 15) is 9.90 Å². The fourth-order valence-electron chi connectivity index (χ4n) is 4.77. The van der Waals surface area contributed by atoms with E-state index in [2.05, 4.69) is 20.6 Å².